The minimum absolute atomic E-state index is 0.0568. The molecule has 2 atom stereocenters. The summed E-state index contributed by atoms with van der Waals surface area (Å²) >= 11 is 1.57. The van der Waals surface area contributed by atoms with Gasteiger partial charge in [-0.3, -0.25) is 10.1 Å². The second kappa shape index (κ2) is 6.74. The van der Waals surface area contributed by atoms with Crippen molar-refractivity contribution in [2.24, 2.45) is 0 Å². The van der Waals surface area contributed by atoms with Gasteiger partial charge in [0.1, 0.15) is 11.8 Å². The normalized spacial score (nSPS) is 21.3. The first-order chi connectivity index (χ1) is 11.8. The summed E-state index contributed by atoms with van der Waals surface area (Å²) in [5.74, 6) is 0. The monoisotopic (exact) mass is 382 g/mol. The zero-order valence-corrected chi connectivity index (χ0v) is 15.4. The molecule has 0 radical (unpaired) electrons. The standard InChI is InChI=1S/C16H18N2O5S2/c1-11-8-17(9-16(23-11)12-5-6-24-10-12)14-4-3-13(25(2,21)22)7-15(14)18(19)20/h3-7,10-11,16H,8-9H2,1-2H3. The lowest BCUT2D eigenvalue weighted by Crippen LogP contribution is -2.43. The van der Waals surface area contributed by atoms with Crippen LogP contribution >= 0.6 is 11.3 Å². The lowest BCUT2D eigenvalue weighted by Gasteiger charge is -2.37. The zero-order chi connectivity index (χ0) is 18.2. The number of anilines is 1. The molecule has 0 spiro atoms. The van der Waals surface area contributed by atoms with E-state index in [1.165, 1.54) is 12.1 Å². The Morgan fingerprint density at radius 2 is 2.08 bits per heavy atom. The molecule has 7 nitrogen and oxygen atoms in total. The third-order valence-corrected chi connectivity index (χ3v) is 5.90. The lowest BCUT2D eigenvalue weighted by molar-refractivity contribution is -0.384. The molecule has 0 aliphatic carbocycles. The van der Waals surface area contributed by atoms with Crippen molar-refractivity contribution in [1.29, 1.82) is 0 Å². The van der Waals surface area contributed by atoms with Gasteiger partial charge < -0.3 is 9.64 Å². The lowest BCUT2D eigenvalue weighted by atomic mass is 10.1. The van der Waals surface area contributed by atoms with Crippen molar-refractivity contribution in [3.63, 3.8) is 0 Å². The van der Waals surface area contributed by atoms with Crippen LogP contribution in [0.15, 0.2) is 39.9 Å². The maximum atomic E-state index is 11.7. The molecule has 1 aromatic heterocycles. The molecule has 2 aromatic rings. The molecule has 1 saturated heterocycles. The molecule has 1 aliphatic heterocycles. The highest BCUT2D eigenvalue weighted by molar-refractivity contribution is 7.90. The molecular weight excluding hydrogens is 364 g/mol. The van der Waals surface area contributed by atoms with Crippen LogP contribution in [0.4, 0.5) is 11.4 Å². The van der Waals surface area contributed by atoms with Gasteiger partial charge in [-0.2, -0.15) is 11.3 Å². The van der Waals surface area contributed by atoms with Crippen LogP contribution < -0.4 is 4.90 Å². The summed E-state index contributed by atoms with van der Waals surface area (Å²) in [5.41, 5.74) is 1.24. The average Bonchev–Trinajstić information content (AvgIpc) is 3.07. The minimum Gasteiger partial charge on any atom is -0.367 e. The van der Waals surface area contributed by atoms with Gasteiger partial charge in [0, 0.05) is 25.4 Å². The first-order valence-corrected chi connectivity index (χ1v) is 10.5. The Morgan fingerprint density at radius 1 is 1.32 bits per heavy atom. The number of nitrogens with zero attached hydrogens (tertiary/aromatic N) is 2. The molecular formula is C16H18N2O5S2. The van der Waals surface area contributed by atoms with Crippen LogP contribution in [0.5, 0.6) is 0 Å². The second-order valence-corrected chi connectivity index (χ2v) is 8.87. The first kappa shape index (κ1) is 17.8. The summed E-state index contributed by atoms with van der Waals surface area (Å²) in [7, 11) is -3.51. The predicted molar refractivity (Wildman–Crippen MR) is 96.0 cm³/mol. The van der Waals surface area contributed by atoms with E-state index < -0.39 is 14.8 Å². The van der Waals surface area contributed by atoms with Crippen LogP contribution in [0, 0.1) is 10.1 Å². The Morgan fingerprint density at radius 3 is 2.68 bits per heavy atom. The molecule has 134 valence electrons. The molecule has 2 heterocycles. The van der Waals surface area contributed by atoms with E-state index in [0.29, 0.717) is 18.8 Å². The van der Waals surface area contributed by atoms with Crippen LogP contribution in [-0.2, 0) is 14.6 Å². The number of nitro groups is 1. The summed E-state index contributed by atoms with van der Waals surface area (Å²) in [6, 6.07) is 6.03. The summed E-state index contributed by atoms with van der Waals surface area (Å²) in [4.78, 5) is 12.8. The number of nitro benzene ring substituents is 1. The fraction of sp³-hybridized carbons (Fsp3) is 0.375. The minimum atomic E-state index is -3.51. The van der Waals surface area contributed by atoms with Gasteiger partial charge in [0.15, 0.2) is 9.84 Å². The molecule has 25 heavy (non-hydrogen) atoms. The van der Waals surface area contributed by atoms with Gasteiger partial charge in [-0.05, 0) is 41.4 Å². The molecule has 0 saturated carbocycles. The van der Waals surface area contributed by atoms with Crippen molar-refractivity contribution >= 4 is 32.5 Å². The molecule has 1 aliphatic rings. The quantitative estimate of drug-likeness (QED) is 0.596. The molecule has 0 N–H and O–H groups in total. The van der Waals surface area contributed by atoms with Crippen molar-refractivity contribution in [2.75, 3.05) is 24.2 Å². The Kier molecular flexibility index (Phi) is 4.81. The van der Waals surface area contributed by atoms with Crippen molar-refractivity contribution in [1.82, 2.24) is 0 Å². The second-order valence-electron chi connectivity index (χ2n) is 6.08. The first-order valence-electron chi connectivity index (χ1n) is 7.66. The van der Waals surface area contributed by atoms with Gasteiger partial charge in [0.2, 0.25) is 0 Å². The Hall–Kier alpha value is -1.97. The van der Waals surface area contributed by atoms with Crippen LogP contribution in [0.1, 0.15) is 18.6 Å². The van der Waals surface area contributed by atoms with Gasteiger partial charge in [-0.1, -0.05) is 0 Å². The maximum Gasteiger partial charge on any atom is 0.293 e. The number of ether oxygens (including phenoxy) is 1. The summed E-state index contributed by atoms with van der Waals surface area (Å²) in [6.45, 7) is 2.89. The van der Waals surface area contributed by atoms with Gasteiger partial charge in [-0.15, -0.1) is 0 Å². The van der Waals surface area contributed by atoms with Crippen LogP contribution in [0.25, 0.3) is 0 Å². The number of hydrogen-bond donors (Lipinski definition) is 0. The number of thiophene rings is 1. The van der Waals surface area contributed by atoms with E-state index in [2.05, 4.69) is 0 Å². The van der Waals surface area contributed by atoms with Crippen molar-refractivity contribution in [2.45, 2.75) is 24.0 Å². The van der Waals surface area contributed by atoms with Crippen molar-refractivity contribution < 1.29 is 18.1 Å². The molecule has 0 bridgehead atoms. The maximum absolute atomic E-state index is 11.7. The molecule has 2 unspecified atom stereocenters. The number of rotatable bonds is 4. The highest BCUT2D eigenvalue weighted by Crippen LogP contribution is 2.35. The van der Waals surface area contributed by atoms with Gasteiger partial charge in [-0.25, -0.2) is 8.42 Å². The highest BCUT2D eigenvalue weighted by atomic mass is 32.2. The Labute approximate surface area is 149 Å². The smallest absolute Gasteiger partial charge is 0.293 e. The fourth-order valence-electron chi connectivity index (χ4n) is 2.94. The van der Waals surface area contributed by atoms with Crippen molar-refractivity contribution in [3.05, 3.63) is 50.7 Å². The number of hydrogen-bond acceptors (Lipinski definition) is 7. The number of sulfone groups is 1. The molecule has 0 amide bonds. The summed E-state index contributed by atoms with van der Waals surface area (Å²) in [5, 5.41) is 15.5. The molecule has 1 fully saturated rings. The van der Waals surface area contributed by atoms with E-state index in [1.54, 1.807) is 11.3 Å². The van der Waals surface area contributed by atoms with Crippen LogP contribution in [0.3, 0.4) is 0 Å². The zero-order valence-electron chi connectivity index (χ0n) is 13.8. The SMILES string of the molecule is CC1CN(c2ccc(S(C)(=O)=O)cc2[N+](=O)[O-])CC(c2ccsc2)O1. The van der Waals surface area contributed by atoms with E-state index in [9.17, 15) is 18.5 Å². The topological polar surface area (TPSA) is 89.8 Å². The van der Waals surface area contributed by atoms with Gasteiger partial charge >= 0.3 is 0 Å². The third-order valence-electron chi connectivity index (χ3n) is 4.09. The van der Waals surface area contributed by atoms with E-state index in [0.717, 1.165) is 17.9 Å². The summed E-state index contributed by atoms with van der Waals surface area (Å²) in [6.07, 6.45) is 0.756. The van der Waals surface area contributed by atoms with Crippen LogP contribution in [-0.4, -0.2) is 38.8 Å². The fourth-order valence-corrected chi connectivity index (χ4v) is 4.28. The molecule has 9 heteroatoms. The predicted octanol–water partition coefficient (Wildman–Crippen LogP) is 3.03. The van der Waals surface area contributed by atoms with E-state index >= 15 is 0 Å². The largest absolute Gasteiger partial charge is 0.367 e. The van der Waals surface area contributed by atoms with E-state index in [4.69, 9.17) is 4.74 Å². The number of morpholine rings is 1. The van der Waals surface area contributed by atoms with Crippen LogP contribution in [0.2, 0.25) is 0 Å². The van der Waals surface area contributed by atoms with Crippen molar-refractivity contribution in [3.8, 4) is 0 Å². The van der Waals surface area contributed by atoms with Gasteiger partial charge in [0.05, 0.1) is 15.9 Å². The highest BCUT2D eigenvalue weighted by Gasteiger charge is 2.31. The molecule has 3 rings (SSSR count). The van der Waals surface area contributed by atoms with E-state index in [1.807, 2.05) is 28.7 Å². The molecule has 1 aromatic carbocycles. The van der Waals surface area contributed by atoms with Gasteiger partial charge in [0.25, 0.3) is 5.69 Å². The third kappa shape index (κ3) is 3.83. The Bertz CT molecular complexity index is 880. The average molecular weight is 382 g/mol. The van der Waals surface area contributed by atoms with E-state index in [-0.39, 0.29) is 22.8 Å². The Balaban J connectivity index is 1.98. The number of benzene rings is 1. The summed E-state index contributed by atoms with van der Waals surface area (Å²) < 4.78 is 29.4.